The van der Waals surface area contributed by atoms with E-state index in [-0.39, 0.29) is 30.8 Å². The Morgan fingerprint density at radius 1 is 1.07 bits per heavy atom. The minimum absolute atomic E-state index is 0.186. The van der Waals surface area contributed by atoms with Crippen molar-refractivity contribution in [1.82, 2.24) is 10.2 Å². The number of aryl methyl sites for hydroxylation is 2. The fourth-order valence-electron chi connectivity index (χ4n) is 3.01. The van der Waals surface area contributed by atoms with Crippen LogP contribution in [0.3, 0.4) is 0 Å². The highest BCUT2D eigenvalue weighted by Gasteiger charge is 2.26. The van der Waals surface area contributed by atoms with Crippen molar-refractivity contribution in [3.63, 3.8) is 0 Å². The molecule has 0 heterocycles. The number of benzene rings is 2. The molecule has 2 aromatic carbocycles. The molecule has 0 fully saturated rings. The first kappa shape index (κ1) is 23.4. The molecule has 0 aliphatic carbocycles. The largest absolute Gasteiger partial charge is 0.483 e. The van der Waals surface area contributed by atoms with Gasteiger partial charge in [-0.2, -0.15) is 0 Å². The molecule has 2 aromatic rings. The van der Waals surface area contributed by atoms with Gasteiger partial charge in [0.05, 0.1) is 0 Å². The lowest BCUT2D eigenvalue weighted by Crippen LogP contribution is -2.49. The summed E-state index contributed by atoms with van der Waals surface area (Å²) >= 11 is 0. The summed E-state index contributed by atoms with van der Waals surface area (Å²) in [4.78, 5) is 27.1. The third-order valence-electron chi connectivity index (χ3n) is 4.80. The standard InChI is InChI=1S/C24H31FN2O3/c1-16(2)13-26-24(29)19(5)27(14-20-7-9-21(25)10-8-20)23(28)15-30-22-11-6-17(3)12-18(22)4/h6-12,16,19H,13-15H2,1-5H3,(H,26,29)/t19-/m1/s1. The van der Waals surface area contributed by atoms with Gasteiger partial charge in [-0.3, -0.25) is 9.59 Å². The van der Waals surface area contributed by atoms with Crippen LogP contribution in [0.1, 0.15) is 37.5 Å². The van der Waals surface area contributed by atoms with Gasteiger partial charge in [0.2, 0.25) is 5.91 Å². The van der Waals surface area contributed by atoms with Gasteiger partial charge >= 0.3 is 0 Å². The van der Waals surface area contributed by atoms with Crippen LogP contribution in [0.4, 0.5) is 4.39 Å². The summed E-state index contributed by atoms with van der Waals surface area (Å²) in [6.45, 7) is 10.1. The van der Waals surface area contributed by atoms with Crippen molar-refractivity contribution in [3.8, 4) is 5.75 Å². The molecule has 0 radical (unpaired) electrons. The van der Waals surface area contributed by atoms with Crippen LogP contribution in [0, 0.1) is 25.6 Å². The minimum atomic E-state index is -0.691. The summed E-state index contributed by atoms with van der Waals surface area (Å²) in [6, 6.07) is 11.0. The summed E-state index contributed by atoms with van der Waals surface area (Å²) < 4.78 is 19.0. The van der Waals surface area contributed by atoms with Gasteiger partial charge in [-0.15, -0.1) is 0 Å². The maximum absolute atomic E-state index is 13.3. The average molecular weight is 415 g/mol. The van der Waals surface area contributed by atoms with Crippen molar-refractivity contribution >= 4 is 11.8 Å². The molecule has 2 amide bonds. The van der Waals surface area contributed by atoms with E-state index in [1.165, 1.54) is 17.0 Å². The number of carbonyl (C=O) groups is 2. The predicted molar refractivity (Wildman–Crippen MR) is 116 cm³/mol. The summed E-state index contributed by atoms with van der Waals surface area (Å²) in [5, 5.41) is 2.87. The van der Waals surface area contributed by atoms with Crippen molar-refractivity contribution in [3.05, 3.63) is 65.0 Å². The Bertz CT molecular complexity index is 865. The van der Waals surface area contributed by atoms with Gasteiger partial charge in [0, 0.05) is 13.1 Å². The zero-order valence-corrected chi connectivity index (χ0v) is 18.4. The third-order valence-corrected chi connectivity index (χ3v) is 4.80. The van der Waals surface area contributed by atoms with E-state index >= 15 is 0 Å². The van der Waals surface area contributed by atoms with Crippen molar-refractivity contribution in [2.45, 2.75) is 47.2 Å². The molecular weight excluding hydrogens is 383 g/mol. The van der Waals surface area contributed by atoms with E-state index in [1.807, 2.05) is 45.9 Å². The van der Waals surface area contributed by atoms with Gasteiger partial charge in [0.15, 0.2) is 6.61 Å². The fraction of sp³-hybridized carbons (Fsp3) is 0.417. The Morgan fingerprint density at radius 2 is 1.73 bits per heavy atom. The molecule has 0 unspecified atom stereocenters. The van der Waals surface area contributed by atoms with E-state index in [2.05, 4.69) is 5.32 Å². The maximum atomic E-state index is 13.3. The molecule has 162 valence electrons. The lowest BCUT2D eigenvalue weighted by molar-refractivity contribution is -0.142. The Hall–Kier alpha value is -2.89. The molecule has 0 bridgehead atoms. The fourth-order valence-corrected chi connectivity index (χ4v) is 3.01. The second-order valence-electron chi connectivity index (χ2n) is 8.02. The highest BCUT2D eigenvalue weighted by molar-refractivity contribution is 5.88. The minimum Gasteiger partial charge on any atom is -0.483 e. The highest BCUT2D eigenvalue weighted by Crippen LogP contribution is 2.19. The molecule has 0 aliphatic heterocycles. The SMILES string of the molecule is Cc1ccc(OCC(=O)N(Cc2ccc(F)cc2)[C@H](C)C(=O)NCC(C)C)c(C)c1. The second-order valence-corrected chi connectivity index (χ2v) is 8.02. The topological polar surface area (TPSA) is 58.6 Å². The van der Waals surface area contributed by atoms with Crippen molar-refractivity contribution in [1.29, 1.82) is 0 Å². The third kappa shape index (κ3) is 6.87. The first-order chi connectivity index (χ1) is 14.2. The van der Waals surface area contributed by atoms with Crippen LogP contribution in [-0.4, -0.2) is 35.9 Å². The number of hydrogen-bond donors (Lipinski definition) is 1. The smallest absolute Gasteiger partial charge is 0.261 e. The molecule has 0 spiro atoms. The Morgan fingerprint density at radius 3 is 2.33 bits per heavy atom. The monoisotopic (exact) mass is 414 g/mol. The summed E-state index contributed by atoms with van der Waals surface area (Å²) in [5.41, 5.74) is 2.79. The molecule has 5 nitrogen and oxygen atoms in total. The molecule has 1 N–H and O–H groups in total. The quantitative estimate of drug-likeness (QED) is 0.674. The molecule has 0 aromatic heterocycles. The van der Waals surface area contributed by atoms with Gasteiger partial charge in [-0.05, 0) is 56.0 Å². The van der Waals surface area contributed by atoms with Gasteiger partial charge in [-0.1, -0.05) is 43.7 Å². The maximum Gasteiger partial charge on any atom is 0.261 e. The number of nitrogens with zero attached hydrogens (tertiary/aromatic N) is 1. The number of nitrogens with one attached hydrogen (secondary N) is 1. The normalized spacial score (nSPS) is 11.8. The lowest BCUT2D eigenvalue weighted by atomic mass is 10.1. The van der Waals surface area contributed by atoms with Crippen LogP contribution in [0.5, 0.6) is 5.75 Å². The molecule has 1 atom stereocenters. The van der Waals surface area contributed by atoms with Crippen LogP contribution < -0.4 is 10.1 Å². The van der Waals surface area contributed by atoms with Crippen molar-refractivity contribution in [2.24, 2.45) is 5.92 Å². The van der Waals surface area contributed by atoms with Gasteiger partial charge in [-0.25, -0.2) is 4.39 Å². The summed E-state index contributed by atoms with van der Waals surface area (Å²) in [5.74, 6) is 0.0394. The number of rotatable bonds is 9. The van der Waals surface area contributed by atoms with E-state index in [4.69, 9.17) is 4.74 Å². The first-order valence-electron chi connectivity index (χ1n) is 10.2. The zero-order chi connectivity index (χ0) is 22.3. The predicted octanol–water partition coefficient (Wildman–Crippen LogP) is 4.01. The van der Waals surface area contributed by atoms with Gasteiger partial charge < -0.3 is 15.0 Å². The van der Waals surface area contributed by atoms with E-state index in [9.17, 15) is 14.0 Å². The molecule has 0 saturated heterocycles. The second kappa shape index (κ2) is 10.8. The van der Waals surface area contributed by atoms with E-state index in [1.54, 1.807) is 19.1 Å². The van der Waals surface area contributed by atoms with Crippen LogP contribution in [-0.2, 0) is 16.1 Å². The molecule has 0 aliphatic rings. The molecule has 2 rings (SSSR count). The number of hydrogen-bond acceptors (Lipinski definition) is 3. The average Bonchev–Trinajstić information content (AvgIpc) is 2.70. The van der Waals surface area contributed by atoms with Gasteiger partial charge in [0.1, 0.15) is 17.6 Å². The van der Waals surface area contributed by atoms with Crippen LogP contribution in [0.25, 0.3) is 0 Å². The number of carbonyl (C=O) groups excluding carboxylic acids is 2. The first-order valence-corrected chi connectivity index (χ1v) is 10.2. The zero-order valence-electron chi connectivity index (χ0n) is 18.4. The Labute approximate surface area is 178 Å². The molecule has 6 heteroatoms. The lowest BCUT2D eigenvalue weighted by Gasteiger charge is -2.29. The number of halogens is 1. The molecular formula is C24H31FN2O3. The van der Waals surface area contributed by atoms with Crippen LogP contribution >= 0.6 is 0 Å². The Kier molecular flexibility index (Phi) is 8.39. The van der Waals surface area contributed by atoms with E-state index in [0.717, 1.165) is 16.7 Å². The van der Waals surface area contributed by atoms with Gasteiger partial charge in [0.25, 0.3) is 5.91 Å². The Balaban J connectivity index is 2.14. The highest BCUT2D eigenvalue weighted by atomic mass is 19.1. The van der Waals surface area contributed by atoms with E-state index < -0.39 is 6.04 Å². The summed E-state index contributed by atoms with van der Waals surface area (Å²) in [6.07, 6.45) is 0. The van der Waals surface area contributed by atoms with Crippen LogP contribution in [0.15, 0.2) is 42.5 Å². The van der Waals surface area contributed by atoms with E-state index in [0.29, 0.717) is 18.2 Å². The van der Waals surface area contributed by atoms with Crippen molar-refractivity contribution < 1.29 is 18.7 Å². The van der Waals surface area contributed by atoms with Crippen LogP contribution in [0.2, 0.25) is 0 Å². The summed E-state index contributed by atoms with van der Waals surface area (Å²) in [7, 11) is 0. The van der Waals surface area contributed by atoms with Crippen molar-refractivity contribution in [2.75, 3.05) is 13.2 Å². The number of amides is 2. The molecule has 30 heavy (non-hydrogen) atoms. The number of ether oxygens (including phenoxy) is 1. The molecule has 0 saturated carbocycles.